The number of thiazole rings is 1. The Morgan fingerprint density at radius 2 is 2.04 bits per heavy atom. The van der Waals surface area contributed by atoms with E-state index in [4.69, 9.17) is 9.47 Å². The van der Waals surface area contributed by atoms with Gasteiger partial charge in [0.25, 0.3) is 0 Å². The SMILES string of the molecule is COc1ccc(Nc2nc(-c3cnc4ccccn34)cs2)c(OC)c1. The summed E-state index contributed by atoms with van der Waals surface area (Å²) < 4.78 is 12.7. The summed E-state index contributed by atoms with van der Waals surface area (Å²) in [5.74, 6) is 1.44. The molecule has 0 aliphatic heterocycles. The molecule has 0 aliphatic carbocycles. The molecule has 0 fully saturated rings. The first kappa shape index (κ1) is 15.5. The maximum atomic E-state index is 5.42. The fourth-order valence-corrected chi connectivity index (χ4v) is 3.30. The maximum Gasteiger partial charge on any atom is 0.187 e. The van der Waals surface area contributed by atoms with Gasteiger partial charge in [-0.1, -0.05) is 6.07 Å². The average Bonchev–Trinajstić information content (AvgIpc) is 3.28. The summed E-state index contributed by atoms with van der Waals surface area (Å²) in [5, 5.41) is 6.09. The van der Waals surface area contributed by atoms with Crippen molar-refractivity contribution in [2.45, 2.75) is 0 Å². The van der Waals surface area contributed by atoms with E-state index in [0.29, 0.717) is 5.75 Å². The van der Waals surface area contributed by atoms with Crippen molar-refractivity contribution in [3.05, 3.63) is 54.2 Å². The van der Waals surface area contributed by atoms with Crippen molar-refractivity contribution in [3.8, 4) is 22.9 Å². The molecular weight excluding hydrogens is 336 g/mol. The summed E-state index contributed by atoms with van der Waals surface area (Å²) in [6.07, 6.45) is 3.82. The van der Waals surface area contributed by atoms with E-state index in [2.05, 4.69) is 15.3 Å². The minimum Gasteiger partial charge on any atom is -0.497 e. The Morgan fingerprint density at radius 3 is 2.88 bits per heavy atom. The second-order valence-electron chi connectivity index (χ2n) is 5.30. The fraction of sp³-hybridized carbons (Fsp3) is 0.111. The zero-order chi connectivity index (χ0) is 17.2. The zero-order valence-corrected chi connectivity index (χ0v) is 14.6. The number of methoxy groups -OCH3 is 2. The summed E-state index contributed by atoms with van der Waals surface area (Å²) in [6.45, 7) is 0. The van der Waals surface area contributed by atoms with Crippen molar-refractivity contribution >= 4 is 27.8 Å². The number of nitrogens with one attached hydrogen (secondary N) is 1. The fourth-order valence-electron chi connectivity index (χ4n) is 2.59. The van der Waals surface area contributed by atoms with Crippen LogP contribution in [-0.2, 0) is 0 Å². The summed E-state index contributed by atoms with van der Waals surface area (Å²) in [4.78, 5) is 9.08. The third-order valence-corrected chi connectivity index (χ3v) is 4.59. The number of fused-ring (bicyclic) bond motifs is 1. The molecule has 1 N–H and O–H groups in total. The molecule has 3 aromatic heterocycles. The Labute approximate surface area is 148 Å². The number of aromatic nitrogens is 3. The summed E-state index contributed by atoms with van der Waals surface area (Å²) >= 11 is 1.53. The molecule has 4 rings (SSSR count). The highest BCUT2D eigenvalue weighted by atomic mass is 32.1. The maximum absolute atomic E-state index is 5.42. The van der Waals surface area contributed by atoms with Crippen LogP contribution in [0.3, 0.4) is 0 Å². The van der Waals surface area contributed by atoms with E-state index in [-0.39, 0.29) is 0 Å². The standard InChI is InChI=1S/C18H16N4O2S/c1-23-12-6-7-13(16(9-12)24-2)20-18-21-14(11-25-18)15-10-19-17-5-3-4-8-22(15)17/h3-11H,1-2H3,(H,20,21). The lowest BCUT2D eigenvalue weighted by atomic mass is 10.3. The van der Waals surface area contributed by atoms with E-state index >= 15 is 0 Å². The van der Waals surface area contributed by atoms with Gasteiger partial charge in [0.2, 0.25) is 0 Å². The van der Waals surface area contributed by atoms with Gasteiger partial charge < -0.3 is 14.8 Å². The molecule has 0 radical (unpaired) electrons. The molecule has 0 atom stereocenters. The van der Waals surface area contributed by atoms with Gasteiger partial charge in [0.15, 0.2) is 5.13 Å². The molecular formula is C18H16N4O2S. The summed E-state index contributed by atoms with van der Waals surface area (Å²) in [6, 6.07) is 11.5. The highest BCUT2D eigenvalue weighted by molar-refractivity contribution is 7.14. The van der Waals surface area contributed by atoms with Crippen molar-refractivity contribution in [1.29, 1.82) is 0 Å². The van der Waals surface area contributed by atoms with Crippen LogP contribution in [0.15, 0.2) is 54.2 Å². The monoisotopic (exact) mass is 352 g/mol. The lowest BCUT2D eigenvalue weighted by molar-refractivity contribution is 0.395. The third kappa shape index (κ3) is 2.89. The molecule has 0 saturated heterocycles. The average molecular weight is 352 g/mol. The van der Waals surface area contributed by atoms with Crippen molar-refractivity contribution in [3.63, 3.8) is 0 Å². The number of pyridine rings is 1. The first-order valence-corrected chi connectivity index (χ1v) is 8.53. The molecule has 7 heteroatoms. The molecule has 0 amide bonds. The molecule has 1 aromatic carbocycles. The van der Waals surface area contributed by atoms with Crippen LogP contribution in [-0.4, -0.2) is 28.6 Å². The van der Waals surface area contributed by atoms with Gasteiger partial charge in [0.1, 0.15) is 22.8 Å². The van der Waals surface area contributed by atoms with Crippen LogP contribution < -0.4 is 14.8 Å². The molecule has 0 aliphatic rings. The van der Waals surface area contributed by atoms with E-state index in [1.165, 1.54) is 11.3 Å². The Kier molecular flexibility index (Phi) is 3.99. The predicted molar refractivity (Wildman–Crippen MR) is 99.1 cm³/mol. The van der Waals surface area contributed by atoms with E-state index in [0.717, 1.165) is 33.6 Å². The molecule has 0 spiro atoms. The number of ether oxygens (including phenoxy) is 2. The van der Waals surface area contributed by atoms with E-state index in [1.54, 1.807) is 14.2 Å². The second kappa shape index (κ2) is 6.45. The summed E-state index contributed by atoms with van der Waals surface area (Å²) in [5.41, 5.74) is 3.57. The van der Waals surface area contributed by atoms with E-state index in [1.807, 2.05) is 58.6 Å². The summed E-state index contributed by atoms with van der Waals surface area (Å²) in [7, 11) is 3.26. The van der Waals surface area contributed by atoms with Gasteiger partial charge in [-0.3, -0.25) is 4.40 Å². The third-order valence-electron chi connectivity index (χ3n) is 3.83. The van der Waals surface area contributed by atoms with Gasteiger partial charge in [-0.05, 0) is 24.3 Å². The normalized spacial score (nSPS) is 10.8. The van der Waals surface area contributed by atoms with Crippen molar-refractivity contribution in [2.24, 2.45) is 0 Å². The molecule has 3 heterocycles. The Bertz CT molecular complexity index is 1020. The molecule has 25 heavy (non-hydrogen) atoms. The van der Waals surface area contributed by atoms with Gasteiger partial charge in [-0.2, -0.15) is 0 Å². The van der Waals surface area contributed by atoms with Gasteiger partial charge in [0, 0.05) is 17.6 Å². The lowest BCUT2D eigenvalue weighted by Gasteiger charge is -2.10. The zero-order valence-electron chi connectivity index (χ0n) is 13.8. The highest BCUT2D eigenvalue weighted by Crippen LogP contribution is 2.33. The van der Waals surface area contributed by atoms with E-state index in [9.17, 15) is 0 Å². The predicted octanol–water partition coefficient (Wildman–Crippen LogP) is 4.22. The minimum atomic E-state index is 0.700. The van der Waals surface area contributed by atoms with Crippen LogP contribution in [0.4, 0.5) is 10.8 Å². The first-order chi connectivity index (χ1) is 12.3. The number of nitrogens with zero attached hydrogens (tertiary/aromatic N) is 3. The Morgan fingerprint density at radius 1 is 1.12 bits per heavy atom. The van der Waals surface area contributed by atoms with Gasteiger partial charge in [-0.25, -0.2) is 9.97 Å². The second-order valence-corrected chi connectivity index (χ2v) is 6.16. The molecule has 0 saturated carbocycles. The van der Waals surface area contributed by atoms with E-state index < -0.39 is 0 Å². The van der Waals surface area contributed by atoms with Crippen molar-refractivity contribution < 1.29 is 9.47 Å². The molecule has 4 aromatic rings. The van der Waals surface area contributed by atoms with Gasteiger partial charge in [0.05, 0.1) is 31.8 Å². The highest BCUT2D eigenvalue weighted by Gasteiger charge is 2.11. The number of hydrogen-bond acceptors (Lipinski definition) is 6. The lowest BCUT2D eigenvalue weighted by Crippen LogP contribution is -1.95. The van der Waals surface area contributed by atoms with Crippen LogP contribution in [0.5, 0.6) is 11.5 Å². The van der Waals surface area contributed by atoms with Gasteiger partial charge in [-0.15, -0.1) is 11.3 Å². The van der Waals surface area contributed by atoms with Crippen LogP contribution in [0.25, 0.3) is 17.0 Å². The quantitative estimate of drug-likeness (QED) is 0.583. The first-order valence-electron chi connectivity index (χ1n) is 7.65. The van der Waals surface area contributed by atoms with Crippen LogP contribution >= 0.6 is 11.3 Å². The van der Waals surface area contributed by atoms with Crippen LogP contribution in [0.1, 0.15) is 0 Å². The Hall–Kier alpha value is -3.06. The topological polar surface area (TPSA) is 60.7 Å². The molecule has 0 unspecified atom stereocenters. The number of anilines is 2. The molecule has 6 nitrogen and oxygen atoms in total. The minimum absolute atomic E-state index is 0.700. The largest absolute Gasteiger partial charge is 0.497 e. The molecule has 0 bridgehead atoms. The van der Waals surface area contributed by atoms with Gasteiger partial charge >= 0.3 is 0 Å². The number of hydrogen-bond donors (Lipinski definition) is 1. The Balaban J connectivity index is 1.64. The van der Waals surface area contributed by atoms with Crippen molar-refractivity contribution in [1.82, 2.24) is 14.4 Å². The van der Waals surface area contributed by atoms with Crippen LogP contribution in [0, 0.1) is 0 Å². The number of imidazole rings is 1. The molecule has 126 valence electrons. The number of rotatable bonds is 5. The van der Waals surface area contributed by atoms with Crippen LogP contribution in [0.2, 0.25) is 0 Å². The smallest absolute Gasteiger partial charge is 0.187 e. The number of benzene rings is 1. The van der Waals surface area contributed by atoms with Crippen molar-refractivity contribution in [2.75, 3.05) is 19.5 Å².